The summed E-state index contributed by atoms with van der Waals surface area (Å²) in [4.78, 5) is 6.53. The van der Waals surface area contributed by atoms with Crippen molar-refractivity contribution < 1.29 is 0 Å². The van der Waals surface area contributed by atoms with Gasteiger partial charge >= 0.3 is 0 Å². The Labute approximate surface area is 63.5 Å². The number of hydrogen-bond donors (Lipinski definition) is 1. The second kappa shape index (κ2) is 3.43. The van der Waals surface area contributed by atoms with E-state index in [-0.39, 0.29) is 6.54 Å². The molecule has 1 aromatic rings. The van der Waals surface area contributed by atoms with E-state index in [0.717, 1.165) is 0 Å². The molecule has 0 amide bonds. The smallest absolute Gasteiger partial charge is 0.123 e. The van der Waals surface area contributed by atoms with E-state index in [1.807, 2.05) is 0 Å². The van der Waals surface area contributed by atoms with Crippen LogP contribution >= 0.6 is 0 Å². The lowest BCUT2D eigenvalue weighted by atomic mass is 10.3. The molecule has 56 valence electrons. The highest BCUT2D eigenvalue weighted by molar-refractivity contribution is 5.28. The van der Waals surface area contributed by atoms with Crippen molar-refractivity contribution in [2.24, 2.45) is 5.11 Å². The summed E-state index contributed by atoms with van der Waals surface area (Å²) in [6.07, 6.45) is 0. The number of nitrogens with two attached hydrogens (primary N) is 1. The topological polar surface area (TPSA) is 87.7 Å². The number of anilines is 1. The molecule has 0 spiro atoms. The second-order valence-corrected chi connectivity index (χ2v) is 1.94. The number of nitrogens with zero attached hydrogens (tertiary/aromatic N) is 4. The molecule has 0 unspecified atom stereocenters. The molecular weight excluding hydrogens is 142 g/mol. The number of hydrogen-bond acceptors (Lipinski definition) is 3. The summed E-state index contributed by atoms with van der Waals surface area (Å²) in [5.74, 6) is 0.440. The largest absolute Gasteiger partial charge is 0.384 e. The first kappa shape index (κ1) is 7.37. The Morgan fingerprint density at radius 3 is 3.09 bits per heavy atom. The van der Waals surface area contributed by atoms with E-state index in [4.69, 9.17) is 11.3 Å². The van der Waals surface area contributed by atoms with Crippen molar-refractivity contribution in [3.05, 3.63) is 34.3 Å². The summed E-state index contributed by atoms with van der Waals surface area (Å²) in [5.41, 5.74) is 14.1. The van der Waals surface area contributed by atoms with Gasteiger partial charge in [0.1, 0.15) is 5.82 Å². The Bertz CT molecular complexity index is 289. The maximum absolute atomic E-state index is 8.00. The maximum atomic E-state index is 8.00. The summed E-state index contributed by atoms with van der Waals surface area (Å²) >= 11 is 0. The van der Waals surface area contributed by atoms with Crippen molar-refractivity contribution in [3.63, 3.8) is 0 Å². The molecule has 0 saturated carbocycles. The van der Waals surface area contributed by atoms with Crippen molar-refractivity contribution in [3.8, 4) is 0 Å². The third-order valence-corrected chi connectivity index (χ3v) is 1.12. The van der Waals surface area contributed by atoms with Crippen LogP contribution in [0.25, 0.3) is 10.4 Å². The lowest BCUT2D eigenvalue weighted by Crippen LogP contribution is -1.92. The van der Waals surface area contributed by atoms with Crippen LogP contribution in [-0.4, -0.2) is 4.98 Å². The van der Waals surface area contributed by atoms with Crippen molar-refractivity contribution in [2.45, 2.75) is 6.54 Å². The molecule has 0 aromatic carbocycles. The van der Waals surface area contributed by atoms with E-state index in [2.05, 4.69) is 15.0 Å². The van der Waals surface area contributed by atoms with Gasteiger partial charge in [-0.3, -0.25) is 0 Å². The average Bonchev–Trinajstić information content (AvgIpc) is 2.01. The number of aromatic nitrogens is 1. The molecule has 0 fully saturated rings. The van der Waals surface area contributed by atoms with Gasteiger partial charge in [-0.2, -0.15) is 0 Å². The summed E-state index contributed by atoms with van der Waals surface area (Å²) < 4.78 is 0. The minimum atomic E-state index is 0.252. The highest BCUT2D eigenvalue weighted by Gasteiger charge is 1.90. The monoisotopic (exact) mass is 149 g/mol. The van der Waals surface area contributed by atoms with Crippen molar-refractivity contribution in [1.29, 1.82) is 0 Å². The van der Waals surface area contributed by atoms with Crippen LogP contribution in [0.1, 0.15) is 5.69 Å². The zero-order valence-corrected chi connectivity index (χ0v) is 5.81. The number of azide groups is 1. The molecule has 0 atom stereocenters. The van der Waals surface area contributed by atoms with Crippen LogP contribution in [0.15, 0.2) is 23.3 Å². The normalized spacial score (nSPS) is 8.73. The summed E-state index contributed by atoms with van der Waals surface area (Å²) in [7, 11) is 0. The third-order valence-electron chi connectivity index (χ3n) is 1.12. The van der Waals surface area contributed by atoms with E-state index < -0.39 is 0 Å². The molecule has 0 aliphatic heterocycles. The Kier molecular flexibility index (Phi) is 2.30. The lowest BCUT2D eigenvalue weighted by molar-refractivity contribution is 0.980. The number of rotatable bonds is 2. The van der Waals surface area contributed by atoms with Crippen LogP contribution in [0.2, 0.25) is 0 Å². The molecule has 0 aliphatic carbocycles. The average molecular weight is 149 g/mol. The van der Waals surface area contributed by atoms with Gasteiger partial charge in [-0.25, -0.2) is 4.98 Å². The molecule has 0 bridgehead atoms. The quantitative estimate of drug-likeness (QED) is 0.392. The first-order chi connectivity index (χ1) is 5.33. The van der Waals surface area contributed by atoms with E-state index in [0.29, 0.717) is 11.5 Å². The molecule has 0 saturated heterocycles. The standard InChI is InChI=1S/C6H7N5/c7-6-3-1-2-5(10-6)4-9-11-8/h1-3H,4H2,(H2,7,10). The van der Waals surface area contributed by atoms with Gasteiger partial charge in [0.25, 0.3) is 0 Å². The van der Waals surface area contributed by atoms with Crippen molar-refractivity contribution >= 4 is 5.82 Å². The number of pyridine rings is 1. The van der Waals surface area contributed by atoms with Gasteiger partial charge in [0, 0.05) is 10.6 Å². The first-order valence-corrected chi connectivity index (χ1v) is 3.05. The van der Waals surface area contributed by atoms with Crippen LogP contribution in [0.3, 0.4) is 0 Å². The van der Waals surface area contributed by atoms with Crippen LogP contribution in [-0.2, 0) is 6.54 Å². The molecule has 1 rings (SSSR count). The minimum Gasteiger partial charge on any atom is -0.384 e. The Morgan fingerprint density at radius 2 is 2.45 bits per heavy atom. The van der Waals surface area contributed by atoms with E-state index >= 15 is 0 Å². The molecule has 1 aromatic heterocycles. The maximum Gasteiger partial charge on any atom is 0.123 e. The van der Waals surface area contributed by atoms with Crippen LogP contribution in [0.5, 0.6) is 0 Å². The zero-order valence-electron chi connectivity index (χ0n) is 5.81. The Balaban J connectivity index is 2.79. The van der Waals surface area contributed by atoms with Gasteiger partial charge in [0.2, 0.25) is 0 Å². The van der Waals surface area contributed by atoms with Crippen LogP contribution in [0.4, 0.5) is 5.82 Å². The highest BCUT2D eigenvalue weighted by atomic mass is 15.1. The van der Waals surface area contributed by atoms with Crippen LogP contribution in [0, 0.1) is 0 Å². The molecule has 5 nitrogen and oxygen atoms in total. The van der Waals surface area contributed by atoms with Crippen LogP contribution < -0.4 is 5.73 Å². The summed E-state index contributed by atoms with van der Waals surface area (Å²) in [6, 6.07) is 5.20. The summed E-state index contributed by atoms with van der Waals surface area (Å²) in [5, 5.41) is 3.35. The molecule has 0 radical (unpaired) electrons. The van der Waals surface area contributed by atoms with E-state index in [1.165, 1.54) is 0 Å². The molecule has 1 heterocycles. The van der Waals surface area contributed by atoms with Gasteiger partial charge in [-0.15, -0.1) is 0 Å². The first-order valence-electron chi connectivity index (χ1n) is 3.05. The fraction of sp³-hybridized carbons (Fsp3) is 0.167. The fourth-order valence-electron chi connectivity index (χ4n) is 0.690. The van der Waals surface area contributed by atoms with Crippen molar-refractivity contribution in [2.75, 3.05) is 5.73 Å². The molecule has 5 heteroatoms. The Morgan fingerprint density at radius 1 is 1.64 bits per heavy atom. The van der Waals surface area contributed by atoms with Gasteiger partial charge in [-0.1, -0.05) is 11.2 Å². The minimum absolute atomic E-state index is 0.252. The SMILES string of the molecule is [N-]=[N+]=NCc1cccc(N)n1. The Hall–Kier alpha value is -1.74. The van der Waals surface area contributed by atoms with E-state index in [9.17, 15) is 0 Å². The highest BCUT2D eigenvalue weighted by Crippen LogP contribution is 2.01. The summed E-state index contributed by atoms with van der Waals surface area (Å²) in [6.45, 7) is 0.252. The van der Waals surface area contributed by atoms with Crippen molar-refractivity contribution in [1.82, 2.24) is 4.98 Å². The van der Waals surface area contributed by atoms with Gasteiger partial charge < -0.3 is 5.73 Å². The predicted molar refractivity (Wildman–Crippen MR) is 41.5 cm³/mol. The van der Waals surface area contributed by atoms with Gasteiger partial charge in [0.05, 0.1) is 6.54 Å². The predicted octanol–water partition coefficient (Wildman–Crippen LogP) is 1.47. The molecular formula is C6H7N5. The van der Waals surface area contributed by atoms with Gasteiger partial charge in [-0.05, 0) is 17.7 Å². The number of nitrogen functional groups attached to an aromatic ring is 1. The van der Waals surface area contributed by atoms with E-state index in [1.54, 1.807) is 18.2 Å². The molecule has 2 N–H and O–H groups in total. The fourth-order valence-corrected chi connectivity index (χ4v) is 0.690. The van der Waals surface area contributed by atoms with Gasteiger partial charge in [0.15, 0.2) is 0 Å². The second-order valence-electron chi connectivity index (χ2n) is 1.94. The molecule has 11 heavy (non-hydrogen) atoms. The third kappa shape index (κ3) is 2.15. The zero-order chi connectivity index (χ0) is 8.10. The molecule has 0 aliphatic rings. The lowest BCUT2D eigenvalue weighted by Gasteiger charge is -1.94.